The molecular formula is C20H24ClN5O3. The van der Waals surface area contributed by atoms with Crippen molar-refractivity contribution in [3.63, 3.8) is 0 Å². The van der Waals surface area contributed by atoms with Crippen molar-refractivity contribution >= 4 is 40.0 Å². The summed E-state index contributed by atoms with van der Waals surface area (Å²) in [6.45, 7) is 2.64. The first kappa shape index (κ1) is 21.0. The largest absolute Gasteiger partial charge is 0.465 e. The Hall–Kier alpha value is -2.68. The first-order chi connectivity index (χ1) is 14.0. The van der Waals surface area contributed by atoms with Gasteiger partial charge >= 0.3 is 5.97 Å². The molecule has 2 aromatic heterocycles. The average molecular weight is 418 g/mol. The summed E-state index contributed by atoms with van der Waals surface area (Å²) in [6, 6.07) is 7.17. The van der Waals surface area contributed by atoms with E-state index in [0.29, 0.717) is 41.8 Å². The number of methoxy groups -OCH3 is 1. The molecule has 29 heavy (non-hydrogen) atoms. The van der Waals surface area contributed by atoms with Crippen LogP contribution in [0.15, 0.2) is 36.7 Å². The number of nitrogens with zero attached hydrogens (tertiary/aromatic N) is 4. The Morgan fingerprint density at radius 2 is 2.10 bits per heavy atom. The molecule has 0 aliphatic rings. The molecule has 0 saturated carbocycles. The maximum Gasteiger partial charge on any atom is 0.340 e. The third-order valence-electron chi connectivity index (χ3n) is 4.32. The number of carbonyl (C=O) groups excluding carboxylic acids is 1. The fraction of sp³-hybridized carbons (Fsp3) is 0.350. The number of nitrogens with one attached hydrogen (secondary N) is 1. The second-order valence-electron chi connectivity index (χ2n) is 6.69. The summed E-state index contributed by atoms with van der Waals surface area (Å²) >= 11 is 6.20. The first-order valence-corrected chi connectivity index (χ1v) is 9.55. The van der Waals surface area contributed by atoms with Crippen molar-refractivity contribution in [2.75, 3.05) is 46.3 Å². The molecule has 1 aromatic carbocycles. The van der Waals surface area contributed by atoms with Crippen LogP contribution in [0.1, 0.15) is 10.4 Å². The van der Waals surface area contributed by atoms with E-state index >= 15 is 0 Å². The van der Waals surface area contributed by atoms with E-state index in [1.54, 1.807) is 12.3 Å². The van der Waals surface area contributed by atoms with E-state index in [0.717, 1.165) is 17.4 Å². The Labute approximate surface area is 174 Å². The predicted octanol–water partition coefficient (Wildman–Crippen LogP) is 3.19. The molecule has 8 nitrogen and oxygen atoms in total. The lowest BCUT2D eigenvalue weighted by Crippen LogP contribution is -2.19. The first-order valence-electron chi connectivity index (χ1n) is 9.17. The van der Waals surface area contributed by atoms with Gasteiger partial charge in [0.05, 0.1) is 49.8 Å². The van der Waals surface area contributed by atoms with Gasteiger partial charge in [-0.15, -0.1) is 0 Å². The molecule has 2 heterocycles. The molecule has 0 amide bonds. The maximum absolute atomic E-state index is 12.0. The number of fused-ring (bicyclic) bond motifs is 1. The molecule has 0 aliphatic heterocycles. The quantitative estimate of drug-likeness (QED) is 0.423. The standard InChI is InChI=1S/C20H24ClN5O3/c1-25(2)8-10-29-11-9-26-18-5-4-14(21)12-16(18)19(24-26)23-17-13-22-7-6-15(17)20(27)28-3/h4-7,12-13H,8-11H2,1-3H3,(H,23,24). The molecule has 0 aliphatic carbocycles. The highest BCUT2D eigenvalue weighted by molar-refractivity contribution is 6.31. The molecule has 0 radical (unpaired) electrons. The average Bonchev–Trinajstić information content (AvgIpc) is 3.04. The van der Waals surface area contributed by atoms with E-state index in [2.05, 4.69) is 20.3 Å². The number of carbonyl (C=O) groups is 1. The molecule has 3 rings (SSSR count). The molecule has 0 spiro atoms. The molecule has 0 bridgehead atoms. The van der Waals surface area contributed by atoms with Crippen molar-refractivity contribution in [2.24, 2.45) is 0 Å². The minimum Gasteiger partial charge on any atom is -0.465 e. The summed E-state index contributed by atoms with van der Waals surface area (Å²) in [4.78, 5) is 18.2. The number of rotatable bonds is 9. The van der Waals surface area contributed by atoms with Gasteiger partial charge in [-0.05, 0) is 38.4 Å². The Morgan fingerprint density at radius 3 is 2.86 bits per heavy atom. The molecule has 0 unspecified atom stereocenters. The lowest BCUT2D eigenvalue weighted by molar-refractivity contribution is 0.0601. The smallest absolute Gasteiger partial charge is 0.340 e. The van der Waals surface area contributed by atoms with Gasteiger partial charge in [-0.25, -0.2) is 4.79 Å². The zero-order chi connectivity index (χ0) is 20.8. The fourth-order valence-electron chi connectivity index (χ4n) is 2.82. The number of hydrogen-bond acceptors (Lipinski definition) is 7. The zero-order valence-corrected chi connectivity index (χ0v) is 17.4. The number of likely N-dealkylation sites (N-methyl/N-ethyl adjacent to an activating group) is 1. The van der Waals surface area contributed by atoms with E-state index in [1.807, 2.05) is 37.0 Å². The molecule has 1 N–H and O–H groups in total. The lowest BCUT2D eigenvalue weighted by atomic mass is 10.2. The van der Waals surface area contributed by atoms with E-state index in [1.165, 1.54) is 13.3 Å². The van der Waals surface area contributed by atoms with E-state index in [4.69, 9.17) is 21.1 Å². The van der Waals surface area contributed by atoms with Crippen molar-refractivity contribution in [3.05, 3.63) is 47.2 Å². The SMILES string of the molecule is COC(=O)c1ccncc1Nc1nn(CCOCCN(C)C)c2ccc(Cl)cc12. The van der Waals surface area contributed by atoms with Crippen LogP contribution < -0.4 is 5.32 Å². The monoisotopic (exact) mass is 417 g/mol. The number of benzene rings is 1. The van der Waals surface area contributed by atoms with Crippen molar-refractivity contribution in [1.82, 2.24) is 19.7 Å². The van der Waals surface area contributed by atoms with Gasteiger partial charge in [-0.2, -0.15) is 5.10 Å². The van der Waals surface area contributed by atoms with Crippen LogP contribution in [0.4, 0.5) is 11.5 Å². The highest BCUT2D eigenvalue weighted by atomic mass is 35.5. The lowest BCUT2D eigenvalue weighted by Gasteiger charge is -2.10. The van der Waals surface area contributed by atoms with Gasteiger partial charge in [0, 0.05) is 23.2 Å². The van der Waals surface area contributed by atoms with Gasteiger partial charge in [0.25, 0.3) is 0 Å². The van der Waals surface area contributed by atoms with Crippen molar-refractivity contribution < 1.29 is 14.3 Å². The van der Waals surface area contributed by atoms with Crippen LogP contribution >= 0.6 is 11.6 Å². The fourth-order valence-corrected chi connectivity index (χ4v) is 3.00. The maximum atomic E-state index is 12.0. The van der Waals surface area contributed by atoms with Crippen molar-refractivity contribution in [2.45, 2.75) is 6.54 Å². The summed E-state index contributed by atoms with van der Waals surface area (Å²) in [6.07, 6.45) is 3.10. The van der Waals surface area contributed by atoms with Crippen LogP contribution in [0.25, 0.3) is 10.9 Å². The van der Waals surface area contributed by atoms with Gasteiger partial charge in [-0.1, -0.05) is 11.6 Å². The molecule has 0 fully saturated rings. The van der Waals surface area contributed by atoms with Crippen LogP contribution in [-0.2, 0) is 16.0 Å². The number of esters is 1. The van der Waals surface area contributed by atoms with E-state index < -0.39 is 5.97 Å². The van der Waals surface area contributed by atoms with Crippen LogP contribution in [0, 0.1) is 0 Å². The highest BCUT2D eigenvalue weighted by Crippen LogP contribution is 2.29. The molecule has 3 aromatic rings. The molecule has 0 saturated heterocycles. The number of ether oxygens (including phenoxy) is 2. The second kappa shape index (κ2) is 9.69. The van der Waals surface area contributed by atoms with Crippen LogP contribution in [0.3, 0.4) is 0 Å². The predicted molar refractivity (Wildman–Crippen MR) is 113 cm³/mol. The summed E-state index contributed by atoms with van der Waals surface area (Å²) in [5.41, 5.74) is 1.80. The topological polar surface area (TPSA) is 81.5 Å². The van der Waals surface area contributed by atoms with Gasteiger partial charge in [0.1, 0.15) is 0 Å². The molecule has 154 valence electrons. The summed E-state index contributed by atoms with van der Waals surface area (Å²) in [5.74, 6) is 0.125. The molecule has 0 atom stereocenters. The minimum atomic E-state index is -0.453. The number of halogens is 1. The Bertz CT molecular complexity index is 989. The molecular weight excluding hydrogens is 394 g/mol. The number of anilines is 2. The summed E-state index contributed by atoms with van der Waals surface area (Å²) in [7, 11) is 5.35. The van der Waals surface area contributed by atoms with Crippen molar-refractivity contribution in [3.8, 4) is 0 Å². The summed E-state index contributed by atoms with van der Waals surface area (Å²) in [5, 5.41) is 9.29. The van der Waals surface area contributed by atoms with Crippen molar-refractivity contribution in [1.29, 1.82) is 0 Å². The normalized spacial score (nSPS) is 11.2. The van der Waals surface area contributed by atoms with E-state index in [9.17, 15) is 4.79 Å². The summed E-state index contributed by atoms with van der Waals surface area (Å²) < 4.78 is 12.4. The van der Waals surface area contributed by atoms with Crippen LogP contribution in [0.2, 0.25) is 5.02 Å². The number of pyridine rings is 1. The second-order valence-corrected chi connectivity index (χ2v) is 7.12. The Morgan fingerprint density at radius 1 is 1.28 bits per heavy atom. The van der Waals surface area contributed by atoms with E-state index in [-0.39, 0.29) is 0 Å². The van der Waals surface area contributed by atoms with Gasteiger partial charge in [0.2, 0.25) is 0 Å². The van der Waals surface area contributed by atoms with Gasteiger partial charge in [0.15, 0.2) is 5.82 Å². The van der Waals surface area contributed by atoms with Crippen LogP contribution in [0.5, 0.6) is 0 Å². The third-order valence-corrected chi connectivity index (χ3v) is 4.56. The van der Waals surface area contributed by atoms with Gasteiger partial charge in [-0.3, -0.25) is 9.67 Å². The zero-order valence-electron chi connectivity index (χ0n) is 16.7. The third kappa shape index (κ3) is 5.23. The Balaban J connectivity index is 1.85. The van der Waals surface area contributed by atoms with Crippen LogP contribution in [-0.4, -0.2) is 66.6 Å². The Kier molecular flexibility index (Phi) is 7.03. The number of hydrogen-bond donors (Lipinski definition) is 1. The number of aromatic nitrogens is 3. The highest BCUT2D eigenvalue weighted by Gasteiger charge is 2.16. The molecule has 9 heteroatoms. The minimum absolute atomic E-state index is 0.374. The van der Waals surface area contributed by atoms with Gasteiger partial charge < -0.3 is 19.7 Å².